The number of likely N-dealkylation sites (N-methyl/N-ethyl adjacent to an activating group) is 1. The first kappa shape index (κ1) is 28.8. The lowest BCUT2D eigenvalue weighted by Crippen LogP contribution is -2.44. The molecule has 1 aliphatic rings. The average molecular weight is 574 g/mol. The fourth-order valence-electron chi connectivity index (χ4n) is 4.90. The maximum Gasteiger partial charge on any atom is 0.238 e. The zero-order valence-corrected chi connectivity index (χ0v) is 25.1. The minimum absolute atomic E-state index is 0.228. The highest BCUT2D eigenvalue weighted by molar-refractivity contribution is 7.86. The van der Waals surface area contributed by atoms with Gasteiger partial charge in [-0.25, -0.2) is 9.19 Å². The Morgan fingerprint density at radius 2 is 1.76 bits per heavy atom. The predicted octanol–water partition coefficient (Wildman–Crippen LogP) is 5.53. The largest absolute Gasteiger partial charge is 0.439 e. The Bertz CT molecular complexity index is 1460. The van der Waals surface area contributed by atoms with E-state index in [1.807, 2.05) is 24.3 Å². The van der Waals surface area contributed by atoms with Crippen molar-refractivity contribution in [3.8, 4) is 22.9 Å². The molecule has 4 aromatic rings. The first-order valence-electron chi connectivity index (χ1n) is 14.2. The summed E-state index contributed by atoms with van der Waals surface area (Å²) in [5.41, 5.74) is 4.13. The van der Waals surface area contributed by atoms with Crippen LogP contribution in [0.2, 0.25) is 0 Å². The molecule has 0 saturated carbocycles. The lowest BCUT2D eigenvalue weighted by Gasteiger charge is -2.34. The van der Waals surface area contributed by atoms with Gasteiger partial charge >= 0.3 is 0 Å². The molecule has 1 unspecified atom stereocenters. The maximum absolute atomic E-state index is 13.0. The molecule has 216 valence electrons. The van der Waals surface area contributed by atoms with Gasteiger partial charge in [0.15, 0.2) is 11.0 Å². The van der Waals surface area contributed by atoms with Crippen LogP contribution < -0.4 is 14.4 Å². The molecule has 3 heterocycles. The third-order valence-corrected chi connectivity index (χ3v) is 8.24. The summed E-state index contributed by atoms with van der Waals surface area (Å²) in [7, 11) is 2.36. The molecule has 2 aromatic heterocycles. The molecular formula is C31H39N7O2S. The Kier molecular flexibility index (Phi) is 9.31. The van der Waals surface area contributed by atoms with Crippen LogP contribution in [0.25, 0.3) is 11.3 Å². The highest BCUT2D eigenvalue weighted by Crippen LogP contribution is 2.30. The zero-order valence-electron chi connectivity index (χ0n) is 24.3. The second-order valence-electron chi connectivity index (χ2n) is 11.0. The number of aromatic nitrogens is 4. The van der Waals surface area contributed by atoms with Crippen LogP contribution in [0.5, 0.6) is 11.6 Å². The van der Waals surface area contributed by atoms with Gasteiger partial charge in [0, 0.05) is 56.7 Å². The summed E-state index contributed by atoms with van der Waals surface area (Å²) in [6.45, 7) is 8.61. The van der Waals surface area contributed by atoms with E-state index in [0.717, 1.165) is 56.7 Å². The van der Waals surface area contributed by atoms with Crippen LogP contribution >= 0.6 is 0 Å². The standard InChI is InChI=1S/C31H39N7O2S/c1-23(2)8-7-10-24-9-5-6-11-28(24)29-20-30(34-31(33-29)35-41(39)27-21-32-37(4)22-27)40-26-14-12-25(13-15-26)38-18-16-36(3)17-19-38/h5-6,9,11-15,20-23H,7-8,10,16-19H2,1-4H3,(H,33,34,35). The smallest absolute Gasteiger partial charge is 0.238 e. The molecule has 1 aliphatic heterocycles. The van der Waals surface area contributed by atoms with Gasteiger partial charge in [0.2, 0.25) is 11.8 Å². The molecule has 1 N–H and O–H groups in total. The summed E-state index contributed by atoms with van der Waals surface area (Å²) in [5.74, 6) is 1.94. The maximum atomic E-state index is 13.0. The molecule has 9 nitrogen and oxygen atoms in total. The van der Waals surface area contributed by atoms with Crippen LogP contribution in [-0.4, -0.2) is 62.1 Å². The highest BCUT2D eigenvalue weighted by Gasteiger charge is 2.17. The Morgan fingerprint density at radius 3 is 2.46 bits per heavy atom. The molecule has 2 aromatic carbocycles. The number of anilines is 2. The second-order valence-corrected chi connectivity index (χ2v) is 12.2. The monoisotopic (exact) mass is 573 g/mol. The highest BCUT2D eigenvalue weighted by atomic mass is 32.2. The molecule has 1 saturated heterocycles. The predicted molar refractivity (Wildman–Crippen MR) is 165 cm³/mol. The van der Waals surface area contributed by atoms with E-state index < -0.39 is 11.0 Å². The number of piperazine rings is 1. The van der Waals surface area contributed by atoms with E-state index in [9.17, 15) is 4.21 Å². The molecule has 5 rings (SSSR count). The van der Waals surface area contributed by atoms with Gasteiger partial charge in [-0.15, -0.1) is 0 Å². The Labute approximate surface area is 245 Å². The first-order chi connectivity index (χ1) is 19.8. The summed E-state index contributed by atoms with van der Waals surface area (Å²) in [6, 6.07) is 18.3. The lowest BCUT2D eigenvalue weighted by molar-refractivity contribution is 0.313. The van der Waals surface area contributed by atoms with Crippen LogP contribution in [0.4, 0.5) is 11.6 Å². The Balaban J connectivity index is 1.42. The van der Waals surface area contributed by atoms with Crippen molar-refractivity contribution in [3.05, 3.63) is 72.6 Å². The molecule has 0 radical (unpaired) electrons. The molecular weight excluding hydrogens is 534 g/mol. The quantitative estimate of drug-likeness (QED) is 0.252. The Morgan fingerprint density at radius 1 is 1.00 bits per heavy atom. The molecule has 10 heteroatoms. The van der Waals surface area contributed by atoms with E-state index in [4.69, 9.17) is 9.72 Å². The number of rotatable bonds is 11. The number of nitrogens with one attached hydrogen (secondary N) is 1. The van der Waals surface area contributed by atoms with Crippen LogP contribution in [0, 0.1) is 5.92 Å². The number of nitrogens with zero attached hydrogens (tertiary/aromatic N) is 6. The third-order valence-electron chi connectivity index (χ3n) is 7.23. The minimum atomic E-state index is -1.58. The number of benzene rings is 2. The molecule has 41 heavy (non-hydrogen) atoms. The van der Waals surface area contributed by atoms with Gasteiger partial charge < -0.3 is 14.5 Å². The van der Waals surface area contributed by atoms with E-state index in [1.165, 1.54) is 11.3 Å². The first-order valence-corrected chi connectivity index (χ1v) is 15.3. The summed E-state index contributed by atoms with van der Waals surface area (Å²) in [6.07, 6.45) is 6.48. The van der Waals surface area contributed by atoms with Crippen molar-refractivity contribution in [1.82, 2.24) is 24.6 Å². The van der Waals surface area contributed by atoms with Crippen LogP contribution in [-0.2, 0) is 24.5 Å². The van der Waals surface area contributed by atoms with Crippen molar-refractivity contribution >= 4 is 22.6 Å². The molecule has 0 aliphatic carbocycles. The van der Waals surface area contributed by atoms with Gasteiger partial charge in [-0.1, -0.05) is 44.5 Å². The average Bonchev–Trinajstić information content (AvgIpc) is 3.40. The van der Waals surface area contributed by atoms with Crippen molar-refractivity contribution in [3.63, 3.8) is 0 Å². The normalized spacial score (nSPS) is 14.8. The number of hydrogen-bond donors (Lipinski definition) is 1. The SMILES string of the molecule is CC(C)CCCc1ccccc1-c1cc(Oc2ccc(N3CCN(C)CC3)cc2)nc(NS(=O)c2cnn(C)c2)n1. The van der Waals surface area contributed by atoms with Gasteiger partial charge in [-0.05, 0) is 55.6 Å². The van der Waals surface area contributed by atoms with Crippen molar-refractivity contribution in [1.29, 1.82) is 0 Å². The second kappa shape index (κ2) is 13.3. The van der Waals surface area contributed by atoms with E-state index in [2.05, 4.69) is 75.8 Å². The molecule has 1 atom stereocenters. The Hall–Kier alpha value is -3.76. The van der Waals surface area contributed by atoms with Gasteiger partial charge in [0.05, 0.1) is 16.8 Å². The van der Waals surface area contributed by atoms with Crippen molar-refractivity contribution in [2.45, 2.75) is 38.0 Å². The summed E-state index contributed by atoms with van der Waals surface area (Å²) < 4.78 is 23.9. The fraction of sp³-hybridized carbons (Fsp3) is 0.387. The third kappa shape index (κ3) is 7.71. The van der Waals surface area contributed by atoms with Gasteiger partial charge in [-0.3, -0.25) is 9.40 Å². The summed E-state index contributed by atoms with van der Waals surface area (Å²) >= 11 is 0. The van der Waals surface area contributed by atoms with Crippen LogP contribution in [0.15, 0.2) is 71.9 Å². The molecule has 0 spiro atoms. The van der Waals surface area contributed by atoms with Crippen molar-refractivity contribution < 1.29 is 8.95 Å². The topological polar surface area (TPSA) is 88.4 Å². The molecule has 0 amide bonds. The van der Waals surface area contributed by atoms with Crippen molar-refractivity contribution in [2.24, 2.45) is 13.0 Å². The fourth-order valence-corrected chi connectivity index (χ4v) is 5.66. The van der Waals surface area contributed by atoms with E-state index in [1.54, 1.807) is 24.1 Å². The molecule has 1 fully saturated rings. The number of aryl methyl sites for hydroxylation is 2. The molecule has 0 bridgehead atoms. The summed E-state index contributed by atoms with van der Waals surface area (Å²) in [4.78, 5) is 14.6. The van der Waals surface area contributed by atoms with E-state index in [-0.39, 0.29) is 5.95 Å². The van der Waals surface area contributed by atoms with E-state index >= 15 is 0 Å². The van der Waals surface area contributed by atoms with Crippen molar-refractivity contribution in [2.75, 3.05) is 42.8 Å². The van der Waals surface area contributed by atoms with E-state index in [0.29, 0.717) is 22.4 Å². The summed E-state index contributed by atoms with van der Waals surface area (Å²) in [5, 5.41) is 4.13. The van der Waals surface area contributed by atoms with Crippen LogP contribution in [0.1, 0.15) is 32.3 Å². The number of hydrogen-bond acceptors (Lipinski definition) is 7. The lowest BCUT2D eigenvalue weighted by atomic mass is 9.97. The number of ether oxygens (including phenoxy) is 1. The zero-order chi connectivity index (χ0) is 28.8. The van der Waals surface area contributed by atoms with Gasteiger partial charge in [-0.2, -0.15) is 10.1 Å². The van der Waals surface area contributed by atoms with Gasteiger partial charge in [0.25, 0.3) is 0 Å². The van der Waals surface area contributed by atoms with Gasteiger partial charge in [0.1, 0.15) is 5.75 Å². The minimum Gasteiger partial charge on any atom is -0.439 e. The van der Waals surface area contributed by atoms with Crippen LogP contribution in [0.3, 0.4) is 0 Å².